The number of thiophene rings is 1. The van der Waals surface area contributed by atoms with Crippen LogP contribution in [-0.4, -0.2) is 17.0 Å². The molecular weight excluding hydrogens is 378 g/mol. The van der Waals surface area contributed by atoms with Gasteiger partial charge in [0.15, 0.2) is 0 Å². The Bertz CT molecular complexity index is 714. The van der Waals surface area contributed by atoms with E-state index in [0.29, 0.717) is 26.5 Å². The third kappa shape index (κ3) is 3.64. The molecule has 1 heterocycles. The zero-order chi connectivity index (χ0) is 15.6. The Morgan fingerprint density at radius 2 is 2.05 bits per heavy atom. The van der Waals surface area contributed by atoms with Gasteiger partial charge < -0.3 is 10.4 Å². The van der Waals surface area contributed by atoms with Gasteiger partial charge in [-0.1, -0.05) is 18.5 Å². The molecule has 0 saturated carbocycles. The number of aryl methyl sites for hydroxylation is 1. The SMILES string of the molecule is CCc1cc(C(=O)O)c(NC(=O)c2cc(Cl)ccc2Br)s1. The molecule has 0 bridgehead atoms. The van der Waals surface area contributed by atoms with Crippen molar-refractivity contribution < 1.29 is 14.7 Å². The molecule has 4 nitrogen and oxygen atoms in total. The fourth-order valence-electron chi connectivity index (χ4n) is 1.71. The average Bonchev–Trinajstić information content (AvgIpc) is 2.84. The summed E-state index contributed by atoms with van der Waals surface area (Å²) >= 11 is 10.4. The number of aromatic carboxylic acids is 1. The van der Waals surface area contributed by atoms with Gasteiger partial charge >= 0.3 is 5.97 Å². The highest BCUT2D eigenvalue weighted by Gasteiger charge is 2.18. The van der Waals surface area contributed by atoms with Gasteiger partial charge in [-0.15, -0.1) is 11.3 Å². The number of carboxylic acids is 1. The lowest BCUT2D eigenvalue weighted by Crippen LogP contribution is -2.13. The first-order valence-electron chi connectivity index (χ1n) is 6.04. The second kappa shape index (κ2) is 6.60. The standard InChI is InChI=1S/C14H11BrClNO3S/c1-2-8-6-10(14(19)20)13(21-8)17-12(18)9-5-7(16)3-4-11(9)15/h3-6H,2H2,1H3,(H,17,18)(H,19,20). The molecule has 0 aliphatic heterocycles. The van der Waals surface area contributed by atoms with E-state index in [4.69, 9.17) is 11.6 Å². The van der Waals surface area contributed by atoms with Gasteiger partial charge in [0.1, 0.15) is 5.00 Å². The van der Waals surface area contributed by atoms with Crippen LogP contribution in [0.25, 0.3) is 0 Å². The topological polar surface area (TPSA) is 66.4 Å². The number of halogens is 2. The first-order valence-corrected chi connectivity index (χ1v) is 8.03. The molecule has 7 heteroatoms. The van der Waals surface area contributed by atoms with E-state index in [0.717, 1.165) is 4.88 Å². The minimum atomic E-state index is -1.06. The van der Waals surface area contributed by atoms with Crippen molar-refractivity contribution in [1.29, 1.82) is 0 Å². The molecule has 2 N–H and O–H groups in total. The summed E-state index contributed by atoms with van der Waals surface area (Å²) in [6, 6.07) is 6.43. The van der Waals surface area contributed by atoms with Crippen molar-refractivity contribution in [3.63, 3.8) is 0 Å². The number of carboxylic acid groups (broad SMARTS) is 1. The summed E-state index contributed by atoms with van der Waals surface area (Å²) in [6.07, 6.45) is 0.710. The summed E-state index contributed by atoms with van der Waals surface area (Å²) in [4.78, 5) is 24.4. The van der Waals surface area contributed by atoms with Crippen molar-refractivity contribution in [3.8, 4) is 0 Å². The molecule has 1 aromatic carbocycles. The molecule has 0 unspecified atom stereocenters. The van der Waals surface area contributed by atoms with E-state index in [9.17, 15) is 14.7 Å². The Morgan fingerprint density at radius 1 is 1.33 bits per heavy atom. The Balaban J connectivity index is 2.33. The Kier molecular flexibility index (Phi) is 5.03. The first-order chi connectivity index (χ1) is 9.92. The number of hydrogen-bond acceptors (Lipinski definition) is 3. The molecule has 0 atom stereocenters. The molecule has 0 radical (unpaired) electrons. The number of benzene rings is 1. The normalized spacial score (nSPS) is 10.4. The van der Waals surface area contributed by atoms with Gasteiger partial charge in [0.05, 0.1) is 11.1 Å². The Hall–Kier alpha value is -1.37. The first kappa shape index (κ1) is 16.0. The fraction of sp³-hybridized carbons (Fsp3) is 0.143. The van der Waals surface area contributed by atoms with E-state index in [1.165, 1.54) is 17.4 Å². The van der Waals surface area contributed by atoms with Gasteiger partial charge in [0, 0.05) is 14.4 Å². The van der Waals surface area contributed by atoms with Gasteiger partial charge in [-0.3, -0.25) is 4.79 Å². The number of carbonyl (C=O) groups is 2. The summed E-state index contributed by atoms with van der Waals surface area (Å²) in [5.74, 6) is -1.47. The van der Waals surface area contributed by atoms with Crippen LogP contribution in [0, 0.1) is 0 Å². The fourth-order valence-corrected chi connectivity index (χ4v) is 3.29. The van der Waals surface area contributed by atoms with Crippen LogP contribution in [0.3, 0.4) is 0 Å². The maximum Gasteiger partial charge on any atom is 0.338 e. The van der Waals surface area contributed by atoms with Crippen molar-refractivity contribution in [2.75, 3.05) is 5.32 Å². The summed E-state index contributed by atoms with van der Waals surface area (Å²) < 4.78 is 0.591. The van der Waals surface area contributed by atoms with Gasteiger partial charge in [-0.05, 0) is 46.6 Å². The number of anilines is 1. The predicted octanol–water partition coefficient (Wildman–Crippen LogP) is 4.68. The molecule has 1 aromatic heterocycles. The van der Waals surface area contributed by atoms with Crippen molar-refractivity contribution in [2.24, 2.45) is 0 Å². The number of rotatable bonds is 4. The van der Waals surface area contributed by atoms with Crippen molar-refractivity contribution in [3.05, 3.63) is 49.8 Å². The summed E-state index contributed by atoms with van der Waals surface area (Å²) in [5, 5.41) is 12.6. The van der Waals surface area contributed by atoms with E-state index >= 15 is 0 Å². The second-order valence-electron chi connectivity index (χ2n) is 4.19. The molecular formula is C14H11BrClNO3S. The molecule has 0 aliphatic rings. The zero-order valence-electron chi connectivity index (χ0n) is 10.9. The highest BCUT2D eigenvalue weighted by molar-refractivity contribution is 9.10. The summed E-state index contributed by atoms with van der Waals surface area (Å²) in [6.45, 7) is 1.93. The minimum absolute atomic E-state index is 0.100. The third-order valence-corrected chi connectivity index (χ3v) is 4.88. The van der Waals surface area contributed by atoms with Crippen molar-refractivity contribution >= 4 is 55.7 Å². The van der Waals surface area contributed by atoms with Crippen LogP contribution >= 0.6 is 38.9 Å². The molecule has 0 aliphatic carbocycles. The van der Waals surface area contributed by atoms with Gasteiger partial charge in [0.25, 0.3) is 5.91 Å². The number of nitrogens with one attached hydrogen (secondary N) is 1. The van der Waals surface area contributed by atoms with Gasteiger partial charge in [0.2, 0.25) is 0 Å². The molecule has 0 spiro atoms. The van der Waals surface area contributed by atoms with E-state index in [-0.39, 0.29) is 5.56 Å². The monoisotopic (exact) mass is 387 g/mol. The average molecular weight is 389 g/mol. The highest BCUT2D eigenvalue weighted by atomic mass is 79.9. The van der Waals surface area contributed by atoms with E-state index in [1.54, 1.807) is 18.2 Å². The van der Waals surface area contributed by atoms with Crippen LogP contribution in [0.15, 0.2) is 28.7 Å². The molecule has 21 heavy (non-hydrogen) atoms. The van der Waals surface area contributed by atoms with Crippen molar-refractivity contribution in [1.82, 2.24) is 0 Å². The molecule has 110 valence electrons. The number of carbonyl (C=O) groups excluding carboxylic acids is 1. The van der Waals surface area contributed by atoms with Crippen LogP contribution in [0.5, 0.6) is 0 Å². The van der Waals surface area contributed by atoms with Gasteiger partial charge in [-0.2, -0.15) is 0 Å². The quantitative estimate of drug-likeness (QED) is 0.799. The largest absolute Gasteiger partial charge is 0.478 e. The number of amides is 1. The van der Waals surface area contributed by atoms with Crippen LogP contribution in [0.1, 0.15) is 32.5 Å². The number of hydrogen-bond donors (Lipinski definition) is 2. The minimum Gasteiger partial charge on any atom is -0.478 e. The van der Waals surface area contributed by atoms with Crippen LogP contribution in [-0.2, 0) is 6.42 Å². The van der Waals surface area contributed by atoms with E-state index in [1.807, 2.05) is 6.92 Å². The van der Waals surface area contributed by atoms with Gasteiger partial charge in [-0.25, -0.2) is 4.79 Å². The smallest absolute Gasteiger partial charge is 0.338 e. The van der Waals surface area contributed by atoms with Crippen LogP contribution in [0.4, 0.5) is 5.00 Å². The van der Waals surface area contributed by atoms with Crippen molar-refractivity contribution in [2.45, 2.75) is 13.3 Å². The Labute approximate surface area is 138 Å². The predicted molar refractivity (Wildman–Crippen MR) is 87.8 cm³/mol. The lowest BCUT2D eigenvalue weighted by atomic mass is 10.2. The third-order valence-electron chi connectivity index (χ3n) is 2.76. The lowest BCUT2D eigenvalue weighted by molar-refractivity contribution is 0.0698. The maximum absolute atomic E-state index is 12.3. The van der Waals surface area contributed by atoms with E-state index < -0.39 is 11.9 Å². The molecule has 2 rings (SSSR count). The highest BCUT2D eigenvalue weighted by Crippen LogP contribution is 2.30. The molecule has 2 aromatic rings. The zero-order valence-corrected chi connectivity index (χ0v) is 14.1. The molecule has 0 saturated heterocycles. The Morgan fingerprint density at radius 3 is 2.67 bits per heavy atom. The molecule has 1 amide bonds. The van der Waals surface area contributed by atoms with Crippen LogP contribution in [0.2, 0.25) is 5.02 Å². The molecule has 0 fully saturated rings. The van der Waals surface area contributed by atoms with E-state index in [2.05, 4.69) is 21.2 Å². The lowest BCUT2D eigenvalue weighted by Gasteiger charge is -2.06. The summed E-state index contributed by atoms with van der Waals surface area (Å²) in [7, 11) is 0. The summed E-state index contributed by atoms with van der Waals surface area (Å²) in [5.41, 5.74) is 0.452. The maximum atomic E-state index is 12.3. The second-order valence-corrected chi connectivity index (χ2v) is 6.62. The van der Waals surface area contributed by atoms with Crippen LogP contribution < -0.4 is 5.32 Å².